The van der Waals surface area contributed by atoms with Gasteiger partial charge in [-0.05, 0) is 35.1 Å². The number of ether oxygens (including phenoxy) is 1. The van der Waals surface area contributed by atoms with E-state index < -0.39 is 24.1 Å². The van der Waals surface area contributed by atoms with Gasteiger partial charge in [-0.25, -0.2) is 9.59 Å². The number of hydrogen-bond donors (Lipinski definition) is 2. The van der Waals surface area contributed by atoms with Gasteiger partial charge in [0.2, 0.25) is 5.91 Å². The number of alkyl carbamates (subject to hydrolysis) is 1. The summed E-state index contributed by atoms with van der Waals surface area (Å²) in [6.07, 6.45) is 1.38. The van der Waals surface area contributed by atoms with Crippen molar-refractivity contribution in [1.29, 1.82) is 0 Å². The highest BCUT2D eigenvalue weighted by atomic mass is 16.5. The van der Waals surface area contributed by atoms with Crippen LogP contribution >= 0.6 is 0 Å². The van der Waals surface area contributed by atoms with Crippen LogP contribution < -0.4 is 5.32 Å². The Hall–Kier alpha value is -3.35. The first-order valence-corrected chi connectivity index (χ1v) is 11.1. The summed E-state index contributed by atoms with van der Waals surface area (Å²) in [5.74, 6) is -1.26. The third-order valence-corrected chi connectivity index (χ3v) is 6.35. The maximum atomic E-state index is 12.6. The Labute approximate surface area is 187 Å². The van der Waals surface area contributed by atoms with Crippen molar-refractivity contribution in [3.05, 3.63) is 59.7 Å². The quantitative estimate of drug-likeness (QED) is 0.657. The van der Waals surface area contributed by atoms with Gasteiger partial charge >= 0.3 is 12.1 Å². The molecular formula is C25H28N2O5. The number of carboxylic acids is 1. The average Bonchev–Trinajstić information content (AvgIpc) is 3.05. The van der Waals surface area contributed by atoms with Crippen molar-refractivity contribution in [2.75, 3.05) is 13.2 Å². The molecule has 0 bridgehead atoms. The van der Waals surface area contributed by atoms with Gasteiger partial charge in [-0.3, -0.25) is 4.79 Å². The second-order valence-corrected chi connectivity index (χ2v) is 8.39. The van der Waals surface area contributed by atoms with E-state index >= 15 is 0 Å². The summed E-state index contributed by atoms with van der Waals surface area (Å²) in [5, 5.41) is 12.0. The third kappa shape index (κ3) is 4.33. The molecule has 1 saturated heterocycles. The topological polar surface area (TPSA) is 95.9 Å². The zero-order valence-electron chi connectivity index (χ0n) is 18.1. The van der Waals surface area contributed by atoms with E-state index in [1.54, 1.807) is 0 Å². The molecule has 4 rings (SSSR count). The number of fused-ring (bicyclic) bond motifs is 3. The molecule has 2 aromatic carbocycles. The number of amides is 2. The highest BCUT2D eigenvalue weighted by Crippen LogP contribution is 2.44. The van der Waals surface area contributed by atoms with Crippen LogP contribution in [0.15, 0.2) is 48.5 Å². The van der Waals surface area contributed by atoms with E-state index in [4.69, 9.17) is 9.84 Å². The fraction of sp³-hybridized carbons (Fsp3) is 0.400. The van der Waals surface area contributed by atoms with Crippen LogP contribution in [-0.4, -0.2) is 53.2 Å². The molecule has 0 saturated carbocycles. The fourth-order valence-electron chi connectivity index (χ4n) is 4.65. The summed E-state index contributed by atoms with van der Waals surface area (Å²) in [6, 6.07) is 15.1. The molecule has 0 aromatic heterocycles. The SMILES string of the molecule is CCCC(CC(=O)N1CCC1C(=O)O)NC(=O)OCC1c2ccccc2-c2ccccc21. The molecule has 1 aliphatic carbocycles. The maximum Gasteiger partial charge on any atom is 0.407 e. The van der Waals surface area contributed by atoms with E-state index in [1.165, 1.54) is 4.90 Å². The number of carbonyl (C=O) groups is 3. The smallest absolute Gasteiger partial charge is 0.407 e. The molecule has 1 aliphatic heterocycles. The molecule has 2 aliphatic rings. The Bertz CT molecular complexity index is 975. The first kappa shape index (κ1) is 21.9. The van der Waals surface area contributed by atoms with Gasteiger partial charge in [0.05, 0.1) is 0 Å². The van der Waals surface area contributed by atoms with Crippen LogP contribution in [0.4, 0.5) is 4.79 Å². The summed E-state index contributed by atoms with van der Waals surface area (Å²) in [6.45, 7) is 2.63. The summed E-state index contributed by atoms with van der Waals surface area (Å²) in [4.78, 5) is 37.6. The Kier molecular flexibility index (Phi) is 6.44. The van der Waals surface area contributed by atoms with Crippen LogP contribution in [0.5, 0.6) is 0 Å². The number of carboxylic acid groups (broad SMARTS) is 1. The van der Waals surface area contributed by atoms with Gasteiger partial charge in [0.1, 0.15) is 12.6 Å². The first-order valence-electron chi connectivity index (χ1n) is 11.1. The molecule has 1 heterocycles. The largest absolute Gasteiger partial charge is 0.480 e. The van der Waals surface area contributed by atoms with Crippen LogP contribution in [0.3, 0.4) is 0 Å². The Morgan fingerprint density at radius 2 is 1.72 bits per heavy atom. The van der Waals surface area contributed by atoms with Gasteiger partial charge in [0.25, 0.3) is 0 Å². The summed E-state index contributed by atoms with van der Waals surface area (Å²) < 4.78 is 5.59. The zero-order chi connectivity index (χ0) is 22.7. The van der Waals surface area contributed by atoms with Crippen LogP contribution in [0.2, 0.25) is 0 Å². The number of nitrogens with zero attached hydrogens (tertiary/aromatic N) is 1. The van der Waals surface area contributed by atoms with E-state index in [9.17, 15) is 14.4 Å². The highest BCUT2D eigenvalue weighted by Gasteiger charge is 2.38. The van der Waals surface area contributed by atoms with Gasteiger partial charge in [-0.1, -0.05) is 61.9 Å². The van der Waals surface area contributed by atoms with Crippen LogP contribution in [0.1, 0.15) is 49.7 Å². The van der Waals surface area contributed by atoms with Crippen molar-refractivity contribution >= 4 is 18.0 Å². The lowest BCUT2D eigenvalue weighted by molar-refractivity contribution is -0.157. The van der Waals surface area contributed by atoms with Gasteiger partial charge in [0, 0.05) is 24.9 Å². The standard InChI is InChI=1S/C25H28N2O5/c1-2-7-16(14-23(28)27-13-12-22(27)24(29)30)26-25(31)32-15-21-19-10-5-3-8-17(19)18-9-4-6-11-20(18)21/h3-6,8-11,16,21-22H,2,7,12-15H2,1H3,(H,26,31)(H,29,30). The number of carbonyl (C=O) groups excluding carboxylic acids is 2. The maximum absolute atomic E-state index is 12.6. The fourth-order valence-corrected chi connectivity index (χ4v) is 4.65. The summed E-state index contributed by atoms with van der Waals surface area (Å²) in [5.41, 5.74) is 4.60. The van der Waals surface area contributed by atoms with E-state index in [2.05, 4.69) is 29.6 Å². The summed E-state index contributed by atoms with van der Waals surface area (Å²) in [7, 11) is 0. The molecule has 2 amide bonds. The minimum atomic E-state index is -0.985. The number of hydrogen-bond acceptors (Lipinski definition) is 4. The van der Waals surface area contributed by atoms with Crippen molar-refractivity contribution in [3.63, 3.8) is 0 Å². The Morgan fingerprint density at radius 1 is 1.09 bits per heavy atom. The zero-order valence-corrected chi connectivity index (χ0v) is 18.1. The average molecular weight is 437 g/mol. The lowest BCUT2D eigenvalue weighted by atomic mass is 9.98. The molecule has 7 nitrogen and oxygen atoms in total. The van der Waals surface area contributed by atoms with Crippen molar-refractivity contribution in [2.24, 2.45) is 0 Å². The second kappa shape index (κ2) is 9.42. The lowest BCUT2D eigenvalue weighted by Crippen LogP contribution is -2.56. The normalized spacial score (nSPS) is 17.7. The van der Waals surface area contributed by atoms with E-state index in [1.807, 2.05) is 31.2 Å². The van der Waals surface area contributed by atoms with Crippen molar-refractivity contribution < 1.29 is 24.2 Å². The Balaban J connectivity index is 1.36. The molecule has 2 unspecified atom stereocenters. The molecule has 168 valence electrons. The van der Waals surface area contributed by atoms with Gasteiger partial charge in [-0.15, -0.1) is 0 Å². The van der Waals surface area contributed by atoms with Gasteiger partial charge < -0.3 is 20.1 Å². The third-order valence-electron chi connectivity index (χ3n) is 6.35. The molecule has 0 spiro atoms. The molecular weight excluding hydrogens is 408 g/mol. The van der Waals surface area contributed by atoms with E-state index in [-0.39, 0.29) is 24.9 Å². The van der Waals surface area contributed by atoms with Crippen LogP contribution in [-0.2, 0) is 14.3 Å². The van der Waals surface area contributed by atoms with Crippen molar-refractivity contribution in [2.45, 2.75) is 50.6 Å². The number of likely N-dealkylation sites (tertiary alicyclic amines) is 1. The van der Waals surface area contributed by atoms with Crippen LogP contribution in [0.25, 0.3) is 11.1 Å². The molecule has 1 fully saturated rings. The number of nitrogens with one attached hydrogen (secondary N) is 1. The minimum absolute atomic E-state index is 0.0307. The predicted molar refractivity (Wildman–Crippen MR) is 119 cm³/mol. The Morgan fingerprint density at radius 3 is 2.25 bits per heavy atom. The number of aliphatic carboxylic acids is 1. The lowest BCUT2D eigenvalue weighted by Gasteiger charge is -2.38. The molecule has 7 heteroatoms. The summed E-state index contributed by atoms with van der Waals surface area (Å²) >= 11 is 0. The van der Waals surface area contributed by atoms with Crippen molar-refractivity contribution in [1.82, 2.24) is 10.2 Å². The minimum Gasteiger partial charge on any atom is -0.480 e. The molecule has 32 heavy (non-hydrogen) atoms. The van der Waals surface area contributed by atoms with Crippen LogP contribution in [0, 0.1) is 0 Å². The van der Waals surface area contributed by atoms with Gasteiger partial charge in [0.15, 0.2) is 0 Å². The monoisotopic (exact) mass is 436 g/mol. The molecule has 2 N–H and O–H groups in total. The number of benzene rings is 2. The second-order valence-electron chi connectivity index (χ2n) is 8.39. The first-order chi connectivity index (χ1) is 15.5. The molecule has 2 aromatic rings. The van der Waals surface area contributed by atoms with E-state index in [0.717, 1.165) is 28.7 Å². The van der Waals surface area contributed by atoms with E-state index in [0.29, 0.717) is 19.4 Å². The highest BCUT2D eigenvalue weighted by molar-refractivity contribution is 5.86. The predicted octanol–water partition coefficient (Wildman–Crippen LogP) is 3.77. The van der Waals surface area contributed by atoms with Crippen molar-refractivity contribution in [3.8, 4) is 11.1 Å². The van der Waals surface area contributed by atoms with Gasteiger partial charge in [-0.2, -0.15) is 0 Å². The molecule has 0 radical (unpaired) electrons. The number of rotatable bonds is 8. The molecule has 2 atom stereocenters.